The smallest absolute Gasteiger partial charge is 0.424 e. The van der Waals surface area contributed by atoms with Crippen LogP contribution in [0.3, 0.4) is 0 Å². The summed E-state index contributed by atoms with van der Waals surface area (Å²) in [5.74, 6) is 1.67. The molecule has 1 aliphatic carbocycles. The maximum absolute atomic E-state index is 5.16. The van der Waals surface area contributed by atoms with Gasteiger partial charge in [0.2, 0.25) is 0 Å². The van der Waals surface area contributed by atoms with E-state index in [1.54, 1.807) is 0 Å². The fourth-order valence-corrected chi connectivity index (χ4v) is 1.35. The van der Waals surface area contributed by atoms with Gasteiger partial charge in [0.1, 0.15) is 0 Å². The van der Waals surface area contributed by atoms with Gasteiger partial charge >= 0.3 is 15.8 Å². The molecule has 49 valence electrons. The van der Waals surface area contributed by atoms with Gasteiger partial charge < -0.3 is 8.54 Å². The molecule has 1 heterocycles. The van der Waals surface area contributed by atoms with E-state index in [0.717, 1.165) is 11.5 Å². The second kappa shape index (κ2) is 2.26. The molecule has 0 unspecified atom stereocenters. The van der Waals surface area contributed by atoms with E-state index in [-0.39, 0.29) is 10.0 Å². The SMILES string of the molecule is C1=CC=C2O[Si-][O+]=C2C=C1. The monoisotopic (exact) mass is 149 g/mol. The van der Waals surface area contributed by atoms with E-state index in [1.165, 1.54) is 0 Å². The lowest BCUT2D eigenvalue weighted by Crippen LogP contribution is -1.92. The largest absolute Gasteiger partial charge is 0.624 e. The van der Waals surface area contributed by atoms with Gasteiger partial charge in [-0.25, -0.2) is 0 Å². The van der Waals surface area contributed by atoms with Crippen LogP contribution in [-0.4, -0.2) is 15.8 Å². The summed E-state index contributed by atoms with van der Waals surface area (Å²) < 4.78 is 10.3. The van der Waals surface area contributed by atoms with Crippen LogP contribution in [0.5, 0.6) is 0 Å². The first kappa shape index (κ1) is 5.67. The molecule has 1 radical (unpaired) electrons. The van der Waals surface area contributed by atoms with Crippen LogP contribution in [0.4, 0.5) is 0 Å². The van der Waals surface area contributed by atoms with E-state index in [9.17, 15) is 0 Å². The molecule has 2 aliphatic rings. The van der Waals surface area contributed by atoms with Crippen LogP contribution in [0.15, 0.2) is 36.1 Å². The van der Waals surface area contributed by atoms with Crippen LogP contribution >= 0.6 is 0 Å². The van der Waals surface area contributed by atoms with Crippen LogP contribution in [0.1, 0.15) is 0 Å². The van der Waals surface area contributed by atoms with Crippen LogP contribution < -0.4 is 0 Å². The van der Waals surface area contributed by atoms with Gasteiger partial charge in [0.15, 0.2) is 5.76 Å². The molecule has 0 spiro atoms. The van der Waals surface area contributed by atoms with Gasteiger partial charge in [-0.1, -0.05) is 18.2 Å². The van der Waals surface area contributed by atoms with E-state index >= 15 is 0 Å². The van der Waals surface area contributed by atoms with Crippen molar-refractivity contribution < 1.29 is 8.54 Å². The fraction of sp³-hybridized carbons (Fsp3) is 0. The van der Waals surface area contributed by atoms with E-state index < -0.39 is 0 Å². The highest BCUT2D eigenvalue weighted by Crippen LogP contribution is 2.08. The highest BCUT2D eigenvalue weighted by Gasteiger charge is 2.17. The summed E-state index contributed by atoms with van der Waals surface area (Å²) in [6.07, 6.45) is 9.59. The Morgan fingerprint density at radius 1 is 1.30 bits per heavy atom. The van der Waals surface area contributed by atoms with Gasteiger partial charge in [-0.3, -0.25) is 0 Å². The molecule has 0 N–H and O–H groups in total. The Morgan fingerprint density at radius 2 is 2.30 bits per heavy atom. The third kappa shape index (κ3) is 0.843. The van der Waals surface area contributed by atoms with Crippen molar-refractivity contribution in [3.05, 3.63) is 36.1 Å². The average Bonchev–Trinajstić information content (AvgIpc) is 2.28. The topological polar surface area (TPSA) is 20.5 Å². The third-order valence-corrected chi connectivity index (χ3v) is 1.87. The number of carbonyl (C=O) groups excluding carboxylic acids is 1. The van der Waals surface area contributed by atoms with Crippen molar-refractivity contribution in [2.75, 3.05) is 0 Å². The van der Waals surface area contributed by atoms with Crippen LogP contribution in [0, 0.1) is 0 Å². The van der Waals surface area contributed by atoms with E-state index in [0.29, 0.717) is 0 Å². The van der Waals surface area contributed by atoms with Crippen molar-refractivity contribution in [3.63, 3.8) is 0 Å². The number of hydrogen-bond acceptors (Lipinski definition) is 1. The van der Waals surface area contributed by atoms with Crippen molar-refractivity contribution in [2.45, 2.75) is 0 Å². The molecule has 0 saturated heterocycles. The minimum absolute atomic E-state index is 0.129. The summed E-state index contributed by atoms with van der Waals surface area (Å²) in [5, 5.41) is 0. The quantitative estimate of drug-likeness (QED) is 0.366. The maximum Gasteiger partial charge on any atom is 0.424 e. The van der Waals surface area contributed by atoms with Gasteiger partial charge in [0, 0.05) is 6.08 Å². The molecule has 2 rings (SSSR count). The zero-order valence-electron chi connectivity index (χ0n) is 5.20. The summed E-state index contributed by atoms with van der Waals surface area (Å²) >= 11 is 0. The summed E-state index contributed by atoms with van der Waals surface area (Å²) in [5.41, 5.74) is 0. The molecular weight excluding hydrogens is 144 g/mol. The normalized spacial score (nSPS) is 20.0. The number of fused-ring (bicyclic) bond motifs is 1. The van der Waals surface area contributed by atoms with Crippen molar-refractivity contribution in [1.82, 2.24) is 0 Å². The summed E-state index contributed by atoms with van der Waals surface area (Å²) in [4.78, 5) is 0. The zero-order chi connectivity index (χ0) is 6.81. The highest BCUT2D eigenvalue weighted by atomic mass is 28.2. The first-order valence-corrected chi connectivity index (χ1v) is 3.79. The van der Waals surface area contributed by atoms with Gasteiger partial charge in [-0.15, -0.1) is 0 Å². The molecule has 0 atom stereocenters. The van der Waals surface area contributed by atoms with Crippen molar-refractivity contribution in [2.24, 2.45) is 0 Å². The zero-order valence-corrected chi connectivity index (χ0v) is 6.20. The first-order valence-electron chi connectivity index (χ1n) is 2.98. The Balaban J connectivity index is 2.42. The van der Waals surface area contributed by atoms with E-state index in [4.69, 9.17) is 8.54 Å². The molecule has 0 aromatic rings. The Morgan fingerprint density at radius 3 is 3.30 bits per heavy atom. The molecule has 0 fully saturated rings. The standard InChI is InChI=1S/C7H5O2Si/c1-2-4-6-7(5-3-1)9-10-8-6/h1-5H. The fourth-order valence-electron chi connectivity index (χ4n) is 0.794. The maximum atomic E-state index is 5.16. The van der Waals surface area contributed by atoms with Crippen molar-refractivity contribution in [3.8, 4) is 0 Å². The molecule has 0 aromatic heterocycles. The number of allylic oxidation sites excluding steroid dienone is 5. The summed E-state index contributed by atoms with van der Waals surface area (Å²) in [7, 11) is 0.129. The Kier molecular flexibility index (Phi) is 1.28. The van der Waals surface area contributed by atoms with Crippen molar-refractivity contribution >= 4 is 15.8 Å². The lowest BCUT2D eigenvalue weighted by molar-refractivity contribution is -0.287. The lowest BCUT2D eigenvalue weighted by atomic mass is 10.3. The Labute approximate surface area is 61.3 Å². The van der Waals surface area contributed by atoms with Gasteiger partial charge in [-0.05, 0) is 6.08 Å². The summed E-state index contributed by atoms with van der Waals surface area (Å²) in [6, 6.07) is 0. The molecular formula is C7H5O2Si. The molecule has 1 aliphatic heterocycles. The van der Waals surface area contributed by atoms with Crippen molar-refractivity contribution in [1.29, 1.82) is 0 Å². The second-order valence-electron chi connectivity index (χ2n) is 1.93. The number of ketones is 1. The number of rotatable bonds is 0. The number of hydrogen-bond donors (Lipinski definition) is 0. The molecule has 3 heteroatoms. The molecule has 10 heavy (non-hydrogen) atoms. The van der Waals surface area contributed by atoms with Gasteiger partial charge in [0.25, 0.3) is 0 Å². The Bertz CT molecular complexity index is 261. The minimum atomic E-state index is 0.129. The van der Waals surface area contributed by atoms with Crippen LogP contribution in [-0.2, 0) is 8.54 Å². The van der Waals surface area contributed by atoms with Crippen LogP contribution in [0.25, 0.3) is 0 Å². The Hall–Kier alpha value is -1.09. The molecule has 0 aromatic carbocycles. The van der Waals surface area contributed by atoms with Gasteiger partial charge in [0.05, 0.1) is 0 Å². The molecule has 2 nitrogen and oxygen atoms in total. The predicted molar refractivity (Wildman–Crippen MR) is 38.2 cm³/mol. The lowest BCUT2D eigenvalue weighted by Gasteiger charge is -1.93. The summed E-state index contributed by atoms with van der Waals surface area (Å²) in [6.45, 7) is 0. The molecule has 0 saturated carbocycles. The first-order chi connectivity index (χ1) is 4.97. The second-order valence-corrected chi connectivity index (χ2v) is 2.50. The predicted octanol–water partition coefficient (Wildman–Crippen LogP) is 0.665. The van der Waals surface area contributed by atoms with Gasteiger partial charge in [-0.2, -0.15) is 0 Å². The van der Waals surface area contributed by atoms with E-state index in [1.807, 2.05) is 30.4 Å². The molecule has 0 amide bonds. The van der Waals surface area contributed by atoms with E-state index in [2.05, 4.69) is 0 Å². The average molecular weight is 149 g/mol. The molecule has 0 bridgehead atoms. The third-order valence-electron chi connectivity index (χ3n) is 1.26. The minimum Gasteiger partial charge on any atom is -0.624 e. The van der Waals surface area contributed by atoms with Crippen LogP contribution in [0.2, 0.25) is 0 Å². The highest BCUT2D eigenvalue weighted by molar-refractivity contribution is 6.25.